The largest absolute Gasteiger partial charge is 0.426 e. The highest BCUT2D eigenvalue weighted by molar-refractivity contribution is 7.90. The number of sulfonamides is 1. The zero-order chi connectivity index (χ0) is 18.6. The first-order chi connectivity index (χ1) is 12.5. The fourth-order valence-electron chi connectivity index (χ4n) is 2.35. The topological polar surface area (TPSA) is 72.5 Å². The van der Waals surface area contributed by atoms with Crippen LogP contribution in [0.1, 0.15) is 0 Å². The van der Waals surface area contributed by atoms with E-state index in [2.05, 4.69) is 0 Å². The molecule has 0 aromatic heterocycles. The fourth-order valence-corrected chi connectivity index (χ4v) is 3.58. The highest BCUT2D eigenvalue weighted by Gasteiger charge is 2.22. The summed E-state index contributed by atoms with van der Waals surface area (Å²) in [6.07, 6.45) is -1.10. The van der Waals surface area contributed by atoms with Crippen LogP contribution >= 0.6 is 11.6 Å². The molecule has 1 amide bonds. The van der Waals surface area contributed by atoms with E-state index in [1.165, 1.54) is 30.3 Å². The summed E-state index contributed by atoms with van der Waals surface area (Å²) in [5.74, 6) is 0.179. The third-order valence-corrected chi connectivity index (χ3v) is 5.13. The molecule has 0 heterocycles. The van der Waals surface area contributed by atoms with Crippen molar-refractivity contribution in [1.29, 1.82) is 0 Å². The molecule has 0 saturated carbocycles. The summed E-state index contributed by atoms with van der Waals surface area (Å²) < 4.78 is 32.2. The van der Waals surface area contributed by atoms with Crippen molar-refractivity contribution in [3.8, 4) is 16.9 Å². The smallest absolute Gasteiger partial charge is 0.410 e. The number of halogens is 1. The summed E-state index contributed by atoms with van der Waals surface area (Å²) >= 11 is 5.76. The number of hydrogen-bond donors (Lipinski definition) is 1. The van der Waals surface area contributed by atoms with Crippen molar-refractivity contribution in [2.45, 2.75) is 4.90 Å². The van der Waals surface area contributed by atoms with Crippen molar-refractivity contribution in [2.24, 2.45) is 0 Å². The first-order valence-electron chi connectivity index (χ1n) is 7.60. The summed E-state index contributed by atoms with van der Waals surface area (Å²) in [6, 6.07) is 21.4. The lowest BCUT2D eigenvalue weighted by Gasteiger charge is -2.12. The number of carbonyl (C=O) groups excluding carboxylic acids is 1. The van der Waals surface area contributed by atoms with Gasteiger partial charge in [0.05, 0.1) is 4.90 Å². The molecular weight excluding hydrogens is 374 g/mol. The Hall–Kier alpha value is -2.83. The summed E-state index contributed by atoms with van der Waals surface area (Å²) in [6.45, 7) is 0. The van der Waals surface area contributed by atoms with Gasteiger partial charge in [0.25, 0.3) is 10.0 Å². The zero-order valence-corrected chi connectivity index (χ0v) is 15.0. The van der Waals surface area contributed by atoms with Crippen molar-refractivity contribution in [1.82, 2.24) is 4.72 Å². The van der Waals surface area contributed by atoms with Crippen molar-refractivity contribution in [3.63, 3.8) is 0 Å². The molecule has 3 aromatic rings. The lowest BCUT2D eigenvalue weighted by Crippen LogP contribution is -2.33. The molecule has 0 atom stereocenters. The van der Waals surface area contributed by atoms with Gasteiger partial charge in [-0.05, 0) is 35.9 Å². The third-order valence-electron chi connectivity index (χ3n) is 3.50. The molecule has 0 radical (unpaired) electrons. The molecule has 0 unspecified atom stereocenters. The molecular formula is C19H14ClNO4S. The van der Waals surface area contributed by atoms with Crippen LogP contribution in [-0.4, -0.2) is 14.5 Å². The van der Waals surface area contributed by atoms with Gasteiger partial charge in [0.1, 0.15) is 5.75 Å². The predicted octanol–water partition coefficient (Wildman–Crippen LogP) is 4.48. The van der Waals surface area contributed by atoms with Crippen molar-refractivity contribution in [2.75, 3.05) is 0 Å². The van der Waals surface area contributed by atoms with Gasteiger partial charge >= 0.3 is 6.09 Å². The van der Waals surface area contributed by atoms with Crippen molar-refractivity contribution < 1.29 is 17.9 Å². The van der Waals surface area contributed by atoms with Crippen LogP contribution < -0.4 is 9.46 Å². The second-order valence-electron chi connectivity index (χ2n) is 5.31. The lowest BCUT2D eigenvalue weighted by atomic mass is 10.1. The highest BCUT2D eigenvalue weighted by atomic mass is 35.5. The molecule has 132 valence electrons. The van der Waals surface area contributed by atoms with Crippen LogP contribution in [0.5, 0.6) is 5.75 Å². The molecule has 5 nitrogen and oxygen atoms in total. The first-order valence-corrected chi connectivity index (χ1v) is 9.46. The maximum Gasteiger partial charge on any atom is 0.426 e. The van der Waals surface area contributed by atoms with E-state index in [1.54, 1.807) is 42.5 Å². The highest BCUT2D eigenvalue weighted by Crippen LogP contribution is 2.27. The van der Waals surface area contributed by atoms with Crippen LogP contribution in [-0.2, 0) is 10.0 Å². The Morgan fingerprint density at radius 1 is 0.846 bits per heavy atom. The quantitative estimate of drug-likeness (QED) is 0.716. The average molecular weight is 388 g/mol. The molecule has 0 aliphatic carbocycles. The number of benzene rings is 3. The van der Waals surface area contributed by atoms with Crippen LogP contribution in [0.2, 0.25) is 5.02 Å². The van der Waals surface area contributed by atoms with Crippen molar-refractivity contribution >= 4 is 27.7 Å². The Bertz CT molecular complexity index is 1020. The Labute approximate surface area is 156 Å². The van der Waals surface area contributed by atoms with E-state index in [1.807, 2.05) is 10.8 Å². The van der Waals surface area contributed by atoms with E-state index in [0.717, 1.165) is 5.56 Å². The summed E-state index contributed by atoms with van der Waals surface area (Å²) in [7, 11) is -4.12. The molecule has 0 bridgehead atoms. The van der Waals surface area contributed by atoms with Gasteiger partial charge in [-0.1, -0.05) is 60.1 Å². The lowest BCUT2D eigenvalue weighted by molar-refractivity contribution is 0.207. The van der Waals surface area contributed by atoms with E-state index >= 15 is 0 Å². The van der Waals surface area contributed by atoms with Crippen LogP contribution in [0, 0.1) is 0 Å². The SMILES string of the molecule is O=C(NS(=O)(=O)c1ccccc1-c1ccccc1)Oc1ccc(Cl)cc1. The van der Waals surface area contributed by atoms with E-state index in [4.69, 9.17) is 16.3 Å². The van der Waals surface area contributed by atoms with E-state index < -0.39 is 16.1 Å². The second-order valence-corrected chi connectivity index (χ2v) is 7.40. The van der Waals surface area contributed by atoms with Gasteiger partial charge in [-0.15, -0.1) is 0 Å². The van der Waals surface area contributed by atoms with Crippen LogP contribution in [0.15, 0.2) is 83.8 Å². The molecule has 3 rings (SSSR count). The van der Waals surface area contributed by atoms with E-state index in [0.29, 0.717) is 10.6 Å². The second kappa shape index (κ2) is 7.59. The van der Waals surface area contributed by atoms with Gasteiger partial charge in [0.15, 0.2) is 0 Å². The van der Waals surface area contributed by atoms with Crippen LogP contribution in [0.3, 0.4) is 0 Å². The third kappa shape index (κ3) is 4.22. The molecule has 1 N–H and O–H groups in total. The Balaban J connectivity index is 1.85. The number of carbonyl (C=O) groups is 1. The van der Waals surface area contributed by atoms with Gasteiger partial charge in [-0.2, -0.15) is 0 Å². The van der Waals surface area contributed by atoms with Gasteiger partial charge in [-0.25, -0.2) is 17.9 Å². The maximum absolute atomic E-state index is 12.6. The van der Waals surface area contributed by atoms with Gasteiger partial charge in [0, 0.05) is 10.6 Å². The molecule has 0 saturated heterocycles. The molecule has 0 spiro atoms. The minimum Gasteiger partial charge on any atom is -0.410 e. The number of ether oxygens (including phenoxy) is 1. The van der Waals surface area contributed by atoms with E-state index in [-0.39, 0.29) is 10.6 Å². The Morgan fingerprint density at radius 3 is 2.15 bits per heavy atom. The average Bonchev–Trinajstić information content (AvgIpc) is 2.64. The normalized spacial score (nSPS) is 11.0. The van der Waals surface area contributed by atoms with Crippen molar-refractivity contribution in [3.05, 3.63) is 83.9 Å². The molecule has 3 aromatic carbocycles. The van der Waals surface area contributed by atoms with Crippen LogP contribution in [0.25, 0.3) is 11.1 Å². The minimum atomic E-state index is -4.12. The molecule has 0 aliphatic rings. The van der Waals surface area contributed by atoms with Gasteiger partial charge in [-0.3, -0.25) is 0 Å². The summed E-state index contributed by atoms with van der Waals surface area (Å²) in [4.78, 5) is 12.0. The molecule has 7 heteroatoms. The fraction of sp³-hybridized carbons (Fsp3) is 0. The van der Waals surface area contributed by atoms with Gasteiger partial charge < -0.3 is 4.74 Å². The monoisotopic (exact) mass is 387 g/mol. The predicted molar refractivity (Wildman–Crippen MR) is 99.7 cm³/mol. The van der Waals surface area contributed by atoms with Gasteiger partial charge in [0.2, 0.25) is 0 Å². The standard InChI is InChI=1S/C19H14ClNO4S/c20-15-10-12-16(13-11-15)25-19(22)21-26(23,24)18-9-5-4-8-17(18)14-6-2-1-3-7-14/h1-13H,(H,21,22). The Kier molecular flexibility index (Phi) is 5.25. The number of rotatable bonds is 4. The number of hydrogen-bond acceptors (Lipinski definition) is 4. The molecule has 0 fully saturated rings. The zero-order valence-electron chi connectivity index (χ0n) is 13.4. The molecule has 0 aliphatic heterocycles. The summed E-state index contributed by atoms with van der Waals surface area (Å²) in [5, 5.41) is 0.474. The maximum atomic E-state index is 12.6. The van der Waals surface area contributed by atoms with E-state index in [9.17, 15) is 13.2 Å². The Morgan fingerprint density at radius 2 is 1.46 bits per heavy atom. The molecule has 26 heavy (non-hydrogen) atoms. The number of amides is 1. The number of nitrogens with one attached hydrogen (secondary N) is 1. The van der Waals surface area contributed by atoms with Crippen LogP contribution in [0.4, 0.5) is 4.79 Å². The summed E-state index contributed by atoms with van der Waals surface area (Å²) in [5.41, 5.74) is 1.21. The minimum absolute atomic E-state index is 0.0146. The first kappa shape index (κ1) is 18.0.